The molecule has 2 aromatic rings. The van der Waals surface area contributed by atoms with Crippen LogP contribution in [0.15, 0.2) is 42.5 Å². The minimum atomic E-state index is -0.892. The van der Waals surface area contributed by atoms with Gasteiger partial charge in [0, 0.05) is 6.54 Å². The summed E-state index contributed by atoms with van der Waals surface area (Å²) in [6.07, 6.45) is 1.51. The van der Waals surface area contributed by atoms with Crippen molar-refractivity contribution in [3.63, 3.8) is 0 Å². The van der Waals surface area contributed by atoms with Crippen LogP contribution in [0.5, 0.6) is 0 Å². The Labute approximate surface area is 121 Å². The van der Waals surface area contributed by atoms with Gasteiger partial charge in [0.15, 0.2) is 5.82 Å². The van der Waals surface area contributed by atoms with Crippen LogP contribution < -0.4 is 11.1 Å². The Morgan fingerprint density at radius 2 is 1.86 bits per heavy atom. The van der Waals surface area contributed by atoms with E-state index in [9.17, 15) is 13.6 Å². The first-order valence-corrected chi connectivity index (χ1v) is 6.64. The van der Waals surface area contributed by atoms with Gasteiger partial charge < -0.3 is 11.1 Å². The fourth-order valence-electron chi connectivity index (χ4n) is 2.01. The van der Waals surface area contributed by atoms with Crippen molar-refractivity contribution in [2.45, 2.75) is 12.8 Å². The van der Waals surface area contributed by atoms with Crippen LogP contribution in [0, 0.1) is 11.6 Å². The maximum absolute atomic E-state index is 13.7. The van der Waals surface area contributed by atoms with Gasteiger partial charge in [-0.1, -0.05) is 30.3 Å². The summed E-state index contributed by atoms with van der Waals surface area (Å²) in [6, 6.07) is 11.5. The van der Waals surface area contributed by atoms with Crippen molar-refractivity contribution in [1.82, 2.24) is 5.32 Å². The number of carbonyl (C=O) groups excluding carboxylic acids is 1. The number of benzene rings is 2. The molecule has 5 heteroatoms. The van der Waals surface area contributed by atoms with Gasteiger partial charge in [0.25, 0.3) is 5.91 Å². The Morgan fingerprint density at radius 1 is 1.14 bits per heavy atom. The lowest BCUT2D eigenvalue weighted by atomic mass is 10.1. The van der Waals surface area contributed by atoms with Crippen molar-refractivity contribution in [2.75, 3.05) is 12.3 Å². The van der Waals surface area contributed by atoms with Crippen LogP contribution in [-0.4, -0.2) is 12.5 Å². The second kappa shape index (κ2) is 6.83. The van der Waals surface area contributed by atoms with E-state index in [0.29, 0.717) is 13.0 Å². The van der Waals surface area contributed by atoms with Crippen LogP contribution in [0.3, 0.4) is 0 Å². The largest absolute Gasteiger partial charge is 0.396 e. The van der Waals surface area contributed by atoms with Gasteiger partial charge >= 0.3 is 0 Å². The van der Waals surface area contributed by atoms with Crippen LogP contribution in [-0.2, 0) is 6.42 Å². The molecule has 0 saturated heterocycles. The third-order valence-corrected chi connectivity index (χ3v) is 3.08. The molecule has 0 radical (unpaired) electrons. The molecule has 0 heterocycles. The monoisotopic (exact) mass is 290 g/mol. The van der Waals surface area contributed by atoms with Gasteiger partial charge in [-0.2, -0.15) is 0 Å². The van der Waals surface area contributed by atoms with Crippen molar-refractivity contribution in [2.24, 2.45) is 0 Å². The number of rotatable bonds is 5. The summed E-state index contributed by atoms with van der Waals surface area (Å²) < 4.78 is 26.8. The van der Waals surface area contributed by atoms with E-state index in [4.69, 9.17) is 5.73 Å². The van der Waals surface area contributed by atoms with E-state index in [1.165, 1.54) is 0 Å². The molecule has 3 N–H and O–H groups in total. The molecule has 2 rings (SSSR count). The van der Waals surface area contributed by atoms with E-state index in [-0.39, 0.29) is 11.3 Å². The van der Waals surface area contributed by atoms with Crippen LogP contribution in [0.4, 0.5) is 14.5 Å². The van der Waals surface area contributed by atoms with E-state index in [1.54, 1.807) is 0 Å². The van der Waals surface area contributed by atoms with Crippen molar-refractivity contribution in [3.8, 4) is 0 Å². The van der Waals surface area contributed by atoms with Gasteiger partial charge in [0.1, 0.15) is 5.82 Å². The zero-order valence-corrected chi connectivity index (χ0v) is 11.4. The quantitative estimate of drug-likeness (QED) is 0.657. The molecule has 0 aliphatic rings. The molecule has 0 bridgehead atoms. The summed E-state index contributed by atoms with van der Waals surface area (Å²) in [5.41, 5.74) is 5.72. The van der Waals surface area contributed by atoms with Crippen molar-refractivity contribution >= 4 is 11.6 Å². The smallest absolute Gasteiger partial charge is 0.254 e. The maximum atomic E-state index is 13.7. The van der Waals surface area contributed by atoms with Gasteiger partial charge in [0.05, 0.1) is 11.3 Å². The molecule has 0 aromatic heterocycles. The molecule has 1 amide bonds. The van der Waals surface area contributed by atoms with Crippen molar-refractivity contribution < 1.29 is 13.6 Å². The first-order valence-electron chi connectivity index (χ1n) is 6.64. The predicted octanol–water partition coefficient (Wildman–Crippen LogP) is 2.91. The average molecular weight is 290 g/mol. The van der Waals surface area contributed by atoms with Crippen molar-refractivity contribution in [1.29, 1.82) is 0 Å². The average Bonchev–Trinajstić information content (AvgIpc) is 2.48. The molecule has 0 unspecified atom stereocenters. The summed E-state index contributed by atoms with van der Waals surface area (Å²) in [7, 11) is 0. The first-order chi connectivity index (χ1) is 10.1. The van der Waals surface area contributed by atoms with E-state index < -0.39 is 17.5 Å². The highest BCUT2D eigenvalue weighted by molar-refractivity contribution is 5.95. The third kappa shape index (κ3) is 4.02. The number of carbonyl (C=O) groups is 1. The molecule has 0 fully saturated rings. The van der Waals surface area contributed by atoms with Crippen LogP contribution in [0.2, 0.25) is 0 Å². The van der Waals surface area contributed by atoms with Crippen molar-refractivity contribution in [3.05, 3.63) is 65.2 Å². The second-order valence-electron chi connectivity index (χ2n) is 4.70. The number of nitrogen functional groups attached to an aromatic ring is 1. The van der Waals surface area contributed by atoms with Gasteiger partial charge in [-0.3, -0.25) is 4.79 Å². The highest BCUT2D eigenvalue weighted by atomic mass is 19.1. The Kier molecular flexibility index (Phi) is 4.87. The summed E-state index contributed by atoms with van der Waals surface area (Å²) >= 11 is 0. The van der Waals surface area contributed by atoms with E-state index in [1.807, 2.05) is 30.3 Å². The third-order valence-electron chi connectivity index (χ3n) is 3.08. The van der Waals surface area contributed by atoms with E-state index in [0.717, 1.165) is 24.1 Å². The van der Waals surface area contributed by atoms with Crippen LogP contribution >= 0.6 is 0 Å². The lowest BCUT2D eigenvalue weighted by Crippen LogP contribution is -2.26. The number of amides is 1. The van der Waals surface area contributed by atoms with Crippen LogP contribution in [0.25, 0.3) is 0 Å². The summed E-state index contributed by atoms with van der Waals surface area (Å²) in [5, 5.41) is 2.56. The SMILES string of the molecule is Nc1cc(F)cc(C(=O)NCCCc2ccccc2)c1F. The highest BCUT2D eigenvalue weighted by Gasteiger charge is 2.15. The molecule has 0 aliphatic carbocycles. The van der Waals surface area contributed by atoms with Gasteiger partial charge in [-0.25, -0.2) is 8.78 Å². The number of nitrogens with two attached hydrogens (primary N) is 1. The lowest BCUT2D eigenvalue weighted by molar-refractivity contribution is 0.0949. The first kappa shape index (κ1) is 15.0. The molecule has 2 aromatic carbocycles. The molecule has 21 heavy (non-hydrogen) atoms. The number of aryl methyl sites for hydroxylation is 1. The minimum absolute atomic E-state index is 0.368. The fourth-order valence-corrected chi connectivity index (χ4v) is 2.01. The molecule has 0 saturated carbocycles. The number of hydrogen-bond donors (Lipinski definition) is 2. The molecule has 110 valence electrons. The number of hydrogen-bond acceptors (Lipinski definition) is 2. The molecule has 0 spiro atoms. The molecular weight excluding hydrogens is 274 g/mol. The Balaban J connectivity index is 1.88. The minimum Gasteiger partial charge on any atom is -0.396 e. The predicted molar refractivity (Wildman–Crippen MR) is 77.9 cm³/mol. The van der Waals surface area contributed by atoms with Crippen LogP contribution in [0.1, 0.15) is 22.3 Å². The standard InChI is InChI=1S/C16H16F2N2O/c17-12-9-13(15(18)14(19)10-12)16(21)20-8-4-7-11-5-2-1-3-6-11/h1-3,5-6,9-10H,4,7-8,19H2,(H,20,21). The second-order valence-corrected chi connectivity index (χ2v) is 4.70. The summed E-state index contributed by atoms with van der Waals surface area (Å²) in [6.45, 7) is 0.379. The van der Waals surface area contributed by atoms with Gasteiger partial charge in [-0.15, -0.1) is 0 Å². The van der Waals surface area contributed by atoms with E-state index >= 15 is 0 Å². The summed E-state index contributed by atoms with van der Waals surface area (Å²) in [5.74, 6) is -2.29. The lowest BCUT2D eigenvalue weighted by Gasteiger charge is -2.08. The number of nitrogens with one attached hydrogen (secondary N) is 1. The molecular formula is C16H16F2N2O. The van der Waals surface area contributed by atoms with Gasteiger partial charge in [-0.05, 0) is 30.5 Å². The molecule has 3 nitrogen and oxygen atoms in total. The number of halogens is 2. The topological polar surface area (TPSA) is 55.1 Å². The van der Waals surface area contributed by atoms with Gasteiger partial charge in [0.2, 0.25) is 0 Å². The number of anilines is 1. The van der Waals surface area contributed by atoms with E-state index in [2.05, 4.69) is 5.32 Å². The maximum Gasteiger partial charge on any atom is 0.254 e. The normalized spacial score (nSPS) is 10.4. The zero-order valence-electron chi connectivity index (χ0n) is 11.4. The summed E-state index contributed by atoms with van der Waals surface area (Å²) in [4.78, 5) is 11.8. The molecule has 0 aliphatic heterocycles. The Bertz CT molecular complexity index is 630. The zero-order chi connectivity index (χ0) is 15.2. The Morgan fingerprint density at radius 3 is 2.57 bits per heavy atom. The Hall–Kier alpha value is -2.43. The fraction of sp³-hybridized carbons (Fsp3) is 0.188. The molecule has 0 atom stereocenters. The highest BCUT2D eigenvalue weighted by Crippen LogP contribution is 2.17.